The van der Waals surface area contributed by atoms with Gasteiger partial charge in [0.05, 0.1) is 5.03 Å². The zero-order valence-corrected chi connectivity index (χ0v) is 10.4. The maximum atomic E-state index is 4.39. The van der Waals surface area contributed by atoms with Gasteiger partial charge in [0.15, 0.2) is 5.84 Å². The lowest BCUT2D eigenvalue weighted by Crippen LogP contribution is -2.49. The molecule has 0 aromatic heterocycles. The van der Waals surface area contributed by atoms with Crippen molar-refractivity contribution in [2.75, 3.05) is 19.6 Å². The van der Waals surface area contributed by atoms with Crippen LogP contribution in [0, 0.1) is 0 Å². The fourth-order valence-electron chi connectivity index (χ4n) is 1.31. The number of hydrogen-bond donors (Lipinski definition) is 3. The maximum Gasteiger partial charge on any atom is 0.152 e. The van der Waals surface area contributed by atoms with Gasteiger partial charge in [-0.25, -0.2) is 0 Å². The van der Waals surface area contributed by atoms with Gasteiger partial charge in [0.1, 0.15) is 0 Å². The molecule has 0 saturated heterocycles. The molecule has 1 aliphatic heterocycles. The molecule has 1 aliphatic rings. The lowest BCUT2D eigenvalue weighted by atomic mass is 10.5. The molecule has 0 atom stereocenters. The average molecular weight is 229 g/mol. The van der Waals surface area contributed by atoms with E-state index in [0.29, 0.717) is 0 Å². The van der Waals surface area contributed by atoms with Crippen LogP contribution in [0.4, 0.5) is 0 Å². The molecular weight excluding hydrogens is 210 g/mol. The smallest absolute Gasteiger partial charge is 0.152 e. The predicted octanol–water partition coefficient (Wildman–Crippen LogP) is 0.758. The van der Waals surface area contributed by atoms with Crippen LogP contribution in [0.3, 0.4) is 0 Å². The van der Waals surface area contributed by atoms with Crippen molar-refractivity contribution in [3.05, 3.63) is 11.1 Å². The van der Waals surface area contributed by atoms with Crippen LogP contribution in [-0.2, 0) is 0 Å². The van der Waals surface area contributed by atoms with Crippen molar-refractivity contribution in [2.45, 2.75) is 20.8 Å². The van der Waals surface area contributed by atoms with Gasteiger partial charge < -0.3 is 5.32 Å². The number of hydrazine groups is 2. The summed E-state index contributed by atoms with van der Waals surface area (Å²) in [6, 6.07) is 0. The second-order valence-corrected chi connectivity index (χ2v) is 3.57. The van der Waals surface area contributed by atoms with Crippen LogP contribution < -0.4 is 10.7 Å². The van der Waals surface area contributed by atoms with E-state index < -0.39 is 0 Å². The highest BCUT2D eigenvalue weighted by Crippen LogP contribution is 2.07. The molecule has 0 radical (unpaired) electrons. The van der Waals surface area contributed by atoms with Crippen molar-refractivity contribution in [1.29, 1.82) is 0 Å². The number of amidine groups is 1. The van der Waals surface area contributed by atoms with Crippen molar-refractivity contribution in [3.8, 4) is 0 Å². The quantitative estimate of drug-likeness (QED) is 0.623. The van der Waals surface area contributed by atoms with Crippen LogP contribution in [0.2, 0.25) is 0 Å². The highest BCUT2D eigenvalue weighted by molar-refractivity contribution is 7.84. The zero-order valence-electron chi connectivity index (χ0n) is 9.49. The molecule has 5 nitrogen and oxygen atoms in total. The number of thiol groups is 1. The highest BCUT2D eigenvalue weighted by atomic mass is 32.1. The topological polar surface area (TPSA) is 42.9 Å². The Morgan fingerprint density at radius 2 is 2.13 bits per heavy atom. The first-order valence-electron chi connectivity index (χ1n) is 5.26. The molecular formula is C9H19N5S. The lowest BCUT2D eigenvalue weighted by Gasteiger charge is -2.33. The number of hydrogen-bond acceptors (Lipinski definition) is 6. The van der Waals surface area contributed by atoms with E-state index in [0.717, 1.165) is 30.5 Å². The minimum Gasteiger partial charge on any atom is -0.369 e. The largest absolute Gasteiger partial charge is 0.369 e. The molecule has 0 aromatic carbocycles. The lowest BCUT2D eigenvalue weighted by molar-refractivity contribution is -0.0505. The van der Waals surface area contributed by atoms with Crippen molar-refractivity contribution in [2.24, 2.45) is 5.10 Å². The maximum absolute atomic E-state index is 4.39. The minimum absolute atomic E-state index is 0.785. The van der Waals surface area contributed by atoms with Gasteiger partial charge in [-0.2, -0.15) is 5.01 Å². The first-order chi connectivity index (χ1) is 7.21. The summed E-state index contributed by atoms with van der Waals surface area (Å²) < 4.78 is 0. The van der Waals surface area contributed by atoms with Gasteiger partial charge in [-0.3, -0.25) is 5.43 Å². The van der Waals surface area contributed by atoms with Crippen LogP contribution in [0.25, 0.3) is 0 Å². The van der Waals surface area contributed by atoms with Crippen molar-refractivity contribution >= 4 is 18.5 Å². The summed E-state index contributed by atoms with van der Waals surface area (Å²) in [7, 11) is 0. The van der Waals surface area contributed by atoms with E-state index in [1.165, 1.54) is 0 Å². The molecule has 0 aromatic rings. The van der Waals surface area contributed by atoms with E-state index in [2.05, 4.69) is 47.3 Å². The molecule has 0 fully saturated rings. The molecule has 0 saturated carbocycles. The Morgan fingerprint density at radius 1 is 1.47 bits per heavy atom. The third-order valence-electron chi connectivity index (χ3n) is 2.05. The van der Waals surface area contributed by atoms with E-state index in [-0.39, 0.29) is 0 Å². The number of likely N-dealkylation sites (N-methyl/N-ethyl adjacent to an activating group) is 1. The molecule has 0 amide bonds. The van der Waals surface area contributed by atoms with Crippen LogP contribution in [0.5, 0.6) is 0 Å². The molecule has 0 bridgehead atoms. The Hall–Kier alpha value is -0.880. The minimum atomic E-state index is 0.785. The molecule has 15 heavy (non-hydrogen) atoms. The number of nitrogens with one attached hydrogen (secondary N) is 2. The Morgan fingerprint density at radius 3 is 2.67 bits per heavy atom. The monoisotopic (exact) mass is 229 g/mol. The predicted molar refractivity (Wildman–Crippen MR) is 66.1 cm³/mol. The molecule has 6 heteroatoms. The van der Waals surface area contributed by atoms with Crippen molar-refractivity contribution < 1.29 is 0 Å². The highest BCUT2D eigenvalue weighted by Gasteiger charge is 2.14. The van der Waals surface area contributed by atoms with Gasteiger partial charge in [-0.05, 0) is 6.92 Å². The van der Waals surface area contributed by atoms with Gasteiger partial charge in [-0.15, -0.1) is 23.0 Å². The second kappa shape index (κ2) is 5.87. The van der Waals surface area contributed by atoms with E-state index in [1.54, 1.807) is 5.23 Å². The summed E-state index contributed by atoms with van der Waals surface area (Å²) in [6.45, 7) is 8.86. The first kappa shape index (κ1) is 12.2. The summed E-state index contributed by atoms with van der Waals surface area (Å²) in [5, 5.41) is 12.1. The molecule has 1 heterocycles. The van der Waals surface area contributed by atoms with Crippen LogP contribution in [0.1, 0.15) is 20.8 Å². The van der Waals surface area contributed by atoms with Crippen molar-refractivity contribution in [1.82, 2.24) is 21.0 Å². The zero-order chi connectivity index (χ0) is 11.3. The Labute approximate surface area is 96.5 Å². The van der Waals surface area contributed by atoms with E-state index in [1.807, 2.05) is 13.0 Å². The van der Waals surface area contributed by atoms with Crippen LogP contribution in [0.15, 0.2) is 16.2 Å². The van der Waals surface area contributed by atoms with Crippen LogP contribution in [-0.4, -0.2) is 35.7 Å². The summed E-state index contributed by atoms with van der Waals surface area (Å²) >= 11 is 4.31. The standard InChI is InChI=1S/C9H19N5S/c1-4-10-8-7-9(15)12-14(11-8)13(5-2)6-3/h7,12,15H,4-6H2,1-3H3,(H,10,11). The van der Waals surface area contributed by atoms with E-state index >= 15 is 0 Å². The first-order valence-corrected chi connectivity index (χ1v) is 5.70. The summed E-state index contributed by atoms with van der Waals surface area (Å²) in [6.07, 6.45) is 1.87. The van der Waals surface area contributed by atoms with Gasteiger partial charge in [0, 0.05) is 25.7 Å². The molecule has 2 N–H and O–H groups in total. The SMILES string of the molecule is CCNC1=NN(N(CC)CC)NC(S)=C1. The summed E-state index contributed by atoms with van der Waals surface area (Å²) in [5.41, 5.74) is 3.06. The third-order valence-corrected chi connectivity index (χ3v) is 2.28. The fourth-order valence-corrected chi connectivity index (χ4v) is 1.52. The van der Waals surface area contributed by atoms with E-state index in [9.17, 15) is 0 Å². The Bertz CT molecular complexity index is 259. The van der Waals surface area contributed by atoms with Gasteiger partial charge in [0.25, 0.3) is 0 Å². The summed E-state index contributed by atoms with van der Waals surface area (Å²) in [5.74, 6) is 0.827. The number of nitrogens with zero attached hydrogens (tertiary/aromatic N) is 3. The summed E-state index contributed by atoms with van der Waals surface area (Å²) in [4.78, 5) is 0. The normalized spacial score (nSPS) is 15.9. The number of rotatable bonds is 4. The van der Waals surface area contributed by atoms with Gasteiger partial charge in [-0.1, -0.05) is 13.8 Å². The Balaban J connectivity index is 2.72. The van der Waals surface area contributed by atoms with Crippen molar-refractivity contribution in [3.63, 3.8) is 0 Å². The fraction of sp³-hybridized carbons (Fsp3) is 0.667. The molecule has 86 valence electrons. The van der Waals surface area contributed by atoms with Gasteiger partial charge >= 0.3 is 0 Å². The average Bonchev–Trinajstić information content (AvgIpc) is 2.19. The van der Waals surface area contributed by atoms with Crippen LogP contribution >= 0.6 is 12.6 Å². The molecule has 0 unspecified atom stereocenters. The molecule has 0 aliphatic carbocycles. The number of hydrazone groups is 1. The van der Waals surface area contributed by atoms with Gasteiger partial charge in [0.2, 0.25) is 0 Å². The second-order valence-electron chi connectivity index (χ2n) is 3.09. The Kier molecular flexibility index (Phi) is 4.77. The molecule has 0 spiro atoms. The molecule has 1 rings (SSSR count). The van der Waals surface area contributed by atoms with E-state index in [4.69, 9.17) is 0 Å². The third kappa shape index (κ3) is 3.32.